The predicted molar refractivity (Wildman–Crippen MR) is 112 cm³/mol. The molecular weight excluding hydrogens is 426 g/mol. The van der Waals surface area contributed by atoms with Crippen LogP contribution in [0, 0.1) is 0 Å². The third-order valence-electron chi connectivity index (χ3n) is 4.72. The molecule has 2 heterocycles. The summed E-state index contributed by atoms with van der Waals surface area (Å²) in [4.78, 5) is 43.1. The van der Waals surface area contributed by atoms with Crippen molar-refractivity contribution in [2.75, 3.05) is 33.0 Å². The SMILES string of the molecule is COC(=O)C(Cc1cccnc1)NC(=O)C1CN(C(=O)NC(C)C)CCN1S(C)(=O)=O. The van der Waals surface area contributed by atoms with E-state index in [4.69, 9.17) is 4.74 Å². The third kappa shape index (κ3) is 6.89. The first-order chi connectivity index (χ1) is 14.5. The molecular formula is C19H29N5O6S. The number of amides is 3. The zero-order valence-electron chi connectivity index (χ0n) is 18.1. The Morgan fingerprint density at radius 1 is 1.26 bits per heavy atom. The maximum absolute atomic E-state index is 13.1. The molecule has 1 aromatic rings. The first kappa shape index (κ1) is 24.5. The average molecular weight is 456 g/mol. The van der Waals surface area contributed by atoms with Gasteiger partial charge >= 0.3 is 12.0 Å². The molecule has 1 aliphatic rings. The normalized spacial score (nSPS) is 18.4. The van der Waals surface area contributed by atoms with E-state index in [2.05, 4.69) is 15.6 Å². The van der Waals surface area contributed by atoms with E-state index in [0.717, 1.165) is 10.6 Å². The van der Waals surface area contributed by atoms with Crippen molar-refractivity contribution in [1.29, 1.82) is 0 Å². The van der Waals surface area contributed by atoms with Gasteiger partial charge in [0.25, 0.3) is 0 Å². The molecule has 0 saturated carbocycles. The van der Waals surface area contributed by atoms with Gasteiger partial charge in [0.2, 0.25) is 15.9 Å². The number of aromatic nitrogens is 1. The molecule has 2 unspecified atom stereocenters. The molecule has 11 nitrogen and oxygen atoms in total. The van der Waals surface area contributed by atoms with Gasteiger partial charge in [0, 0.05) is 44.5 Å². The summed E-state index contributed by atoms with van der Waals surface area (Å²) in [5, 5.41) is 5.32. The highest BCUT2D eigenvalue weighted by Gasteiger charge is 2.40. The van der Waals surface area contributed by atoms with Gasteiger partial charge in [-0.1, -0.05) is 6.07 Å². The second-order valence-electron chi connectivity index (χ2n) is 7.59. The van der Waals surface area contributed by atoms with E-state index in [1.807, 2.05) is 0 Å². The molecule has 0 aliphatic carbocycles. The van der Waals surface area contributed by atoms with Crippen LogP contribution in [0.5, 0.6) is 0 Å². The van der Waals surface area contributed by atoms with E-state index in [1.54, 1.807) is 38.4 Å². The average Bonchev–Trinajstić information content (AvgIpc) is 2.71. The van der Waals surface area contributed by atoms with Gasteiger partial charge in [0.15, 0.2) is 0 Å². The molecule has 3 amide bonds. The van der Waals surface area contributed by atoms with Gasteiger partial charge in [-0.05, 0) is 25.5 Å². The number of hydrogen-bond donors (Lipinski definition) is 2. The number of sulfonamides is 1. The van der Waals surface area contributed by atoms with Crippen LogP contribution in [0.15, 0.2) is 24.5 Å². The summed E-state index contributed by atoms with van der Waals surface area (Å²) in [6, 6.07) is 0.724. The van der Waals surface area contributed by atoms with Crippen LogP contribution in [-0.4, -0.2) is 91.6 Å². The Kier molecular flexibility index (Phi) is 8.34. The fourth-order valence-electron chi connectivity index (χ4n) is 3.26. The molecule has 1 aromatic heterocycles. The van der Waals surface area contributed by atoms with Crippen LogP contribution >= 0.6 is 0 Å². The molecule has 2 N–H and O–H groups in total. The Morgan fingerprint density at radius 2 is 1.97 bits per heavy atom. The molecule has 1 fully saturated rings. The van der Waals surface area contributed by atoms with E-state index in [0.29, 0.717) is 5.56 Å². The van der Waals surface area contributed by atoms with E-state index >= 15 is 0 Å². The van der Waals surface area contributed by atoms with E-state index in [-0.39, 0.29) is 38.1 Å². The predicted octanol–water partition coefficient (Wildman–Crippen LogP) is -0.654. The highest BCUT2D eigenvalue weighted by atomic mass is 32.2. The van der Waals surface area contributed by atoms with Gasteiger partial charge in [-0.25, -0.2) is 18.0 Å². The molecule has 1 saturated heterocycles. The number of methoxy groups -OCH3 is 1. The van der Waals surface area contributed by atoms with Crippen molar-refractivity contribution in [1.82, 2.24) is 24.8 Å². The molecule has 1 aliphatic heterocycles. The van der Waals surface area contributed by atoms with Gasteiger partial charge in [-0.15, -0.1) is 0 Å². The zero-order valence-corrected chi connectivity index (χ0v) is 18.9. The molecule has 2 atom stereocenters. The lowest BCUT2D eigenvalue weighted by Gasteiger charge is -2.39. The molecule has 0 bridgehead atoms. The van der Waals surface area contributed by atoms with Crippen molar-refractivity contribution >= 4 is 27.9 Å². The summed E-state index contributed by atoms with van der Waals surface area (Å²) in [5.41, 5.74) is 0.694. The lowest BCUT2D eigenvalue weighted by Crippen LogP contribution is -2.64. The van der Waals surface area contributed by atoms with Gasteiger partial charge in [-0.2, -0.15) is 4.31 Å². The highest BCUT2D eigenvalue weighted by Crippen LogP contribution is 2.15. The Labute approximate surface area is 182 Å². The maximum Gasteiger partial charge on any atom is 0.328 e. The number of nitrogens with zero attached hydrogens (tertiary/aromatic N) is 3. The molecule has 0 aromatic carbocycles. The van der Waals surface area contributed by atoms with Crippen molar-refractivity contribution in [3.63, 3.8) is 0 Å². The minimum atomic E-state index is -3.72. The van der Waals surface area contributed by atoms with Crippen LogP contribution < -0.4 is 10.6 Å². The summed E-state index contributed by atoms with van der Waals surface area (Å²) >= 11 is 0. The number of piperazine rings is 1. The fraction of sp³-hybridized carbons (Fsp3) is 0.579. The summed E-state index contributed by atoms with van der Waals surface area (Å²) < 4.78 is 30.3. The Morgan fingerprint density at radius 3 is 2.52 bits per heavy atom. The number of carbonyl (C=O) groups excluding carboxylic acids is 3. The van der Waals surface area contributed by atoms with Crippen molar-refractivity contribution < 1.29 is 27.5 Å². The maximum atomic E-state index is 13.1. The summed E-state index contributed by atoms with van der Waals surface area (Å²) in [6.07, 6.45) is 4.27. The molecule has 31 heavy (non-hydrogen) atoms. The number of nitrogens with one attached hydrogen (secondary N) is 2. The Hall–Kier alpha value is -2.73. The highest BCUT2D eigenvalue weighted by molar-refractivity contribution is 7.88. The minimum absolute atomic E-state index is 0.0338. The van der Waals surface area contributed by atoms with E-state index < -0.39 is 34.0 Å². The van der Waals surface area contributed by atoms with Gasteiger partial charge < -0.3 is 20.3 Å². The molecule has 2 rings (SSSR count). The van der Waals surface area contributed by atoms with Gasteiger partial charge in [0.1, 0.15) is 12.1 Å². The van der Waals surface area contributed by atoms with Crippen LogP contribution in [-0.2, 0) is 30.8 Å². The first-order valence-electron chi connectivity index (χ1n) is 9.82. The van der Waals surface area contributed by atoms with Crippen LogP contribution in [0.3, 0.4) is 0 Å². The second-order valence-corrected chi connectivity index (χ2v) is 9.52. The smallest absolute Gasteiger partial charge is 0.328 e. The standard InChI is InChI=1S/C19H29N5O6S/c1-13(2)21-19(27)23-8-9-24(31(4,28)29)16(12-23)17(25)22-15(18(26)30-3)10-14-6-5-7-20-11-14/h5-7,11,13,15-16H,8-10,12H2,1-4H3,(H,21,27)(H,22,25). The van der Waals surface area contributed by atoms with Gasteiger partial charge in [0.05, 0.1) is 13.4 Å². The quantitative estimate of drug-likeness (QED) is 0.521. The number of carbonyl (C=O) groups is 3. The topological polar surface area (TPSA) is 138 Å². The number of ether oxygens (including phenoxy) is 1. The summed E-state index contributed by atoms with van der Waals surface area (Å²) in [6.45, 7) is 3.57. The molecule has 0 spiro atoms. The van der Waals surface area contributed by atoms with Crippen LogP contribution in [0.25, 0.3) is 0 Å². The largest absolute Gasteiger partial charge is 0.467 e. The summed E-state index contributed by atoms with van der Waals surface area (Å²) in [5.74, 6) is -1.36. The van der Waals surface area contributed by atoms with Crippen molar-refractivity contribution in [3.05, 3.63) is 30.1 Å². The van der Waals surface area contributed by atoms with E-state index in [9.17, 15) is 22.8 Å². The van der Waals surface area contributed by atoms with Crippen molar-refractivity contribution in [2.45, 2.75) is 38.4 Å². The molecule has 172 valence electrons. The van der Waals surface area contributed by atoms with Crippen LogP contribution in [0.2, 0.25) is 0 Å². The number of urea groups is 1. The van der Waals surface area contributed by atoms with Crippen molar-refractivity contribution in [3.8, 4) is 0 Å². The second kappa shape index (κ2) is 10.5. The number of pyridine rings is 1. The molecule has 0 radical (unpaired) electrons. The monoisotopic (exact) mass is 455 g/mol. The number of hydrogen-bond acceptors (Lipinski definition) is 7. The molecule has 12 heteroatoms. The van der Waals surface area contributed by atoms with E-state index in [1.165, 1.54) is 12.0 Å². The Bertz CT molecular complexity index is 892. The van der Waals surface area contributed by atoms with Crippen molar-refractivity contribution in [2.24, 2.45) is 0 Å². The third-order valence-corrected chi connectivity index (χ3v) is 6.01. The first-order valence-corrected chi connectivity index (χ1v) is 11.7. The Balaban J connectivity index is 2.22. The lowest BCUT2D eigenvalue weighted by atomic mass is 10.1. The zero-order chi connectivity index (χ0) is 23.2. The summed E-state index contributed by atoms with van der Waals surface area (Å²) in [7, 11) is -2.52. The minimum Gasteiger partial charge on any atom is -0.467 e. The number of esters is 1. The fourth-order valence-corrected chi connectivity index (χ4v) is 4.30. The van der Waals surface area contributed by atoms with Gasteiger partial charge in [-0.3, -0.25) is 9.78 Å². The van der Waals surface area contributed by atoms with Crippen LogP contribution in [0.1, 0.15) is 19.4 Å². The van der Waals surface area contributed by atoms with Crippen LogP contribution in [0.4, 0.5) is 4.79 Å². The lowest BCUT2D eigenvalue weighted by molar-refractivity contribution is -0.145. The number of rotatable bonds is 7.